The maximum atomic E-state index is 12.6. The van der Waals surface area contributed by atoms with Gasteiger partial charge < -0.3 is 4.90 Å². The standard InChI is InChI=1S/C14H18Cl2N2O3S/c1-10(2)14(19)17-5-7-18(8-6-17)22(20,21)11-3-4-12(15)13(16)9-11/h3-4,9-10H,5-8H2,1-2H3. The van der Waals surface area contributed by atoms with E-state index in [1.54, 1.807) is 4.90 Å². The van der Waals surface area contributed by atoms with Gasteiger partial charge in [-0.15, -0.1) is 0 Å². The van der Waals surface area contributed by atoms with Crippen LogP contribution in [0.3, 0.4) is 0 Å². The van der Waals surface area contributed by atoms with E-state index in [2.05, 4.69) is 0 Å². The molecule has 0 unspecified atom stereocenters. The molecule has 1 heterocycles. The summed E-state index contributed by atoms with van der Waals surface area (Å²) in [6.07, 6.45) is 0. The fourth-order valence-corrected chi connectivity index (χ4v) is 4.11. The summed E-state index contributed by atoms with van der Waals surface area (Å²) in [5.74, 6) is -0.0372. The van der Waals surface area contributed by atoms with Gasteiger partial charge in [0.1, 0.15) is 0 Å². The first-order chi connectivity index (χ1) is 10.2. The predicted molar refractivity (Wildman–Crippen MR) is 86.6 cm³/mol. The molecular formula is C14H18Cl2N2O3S. The SMILES string of the molecule is CC(C)C(=O)N1CCN(S(=O)(=O)c2ccc(Cl)c(Cl)c2)CC1. The summed E-state index contributed by atoms with van der Waals surface area (Å²) in [4.78, 5) is 13.7. The molecule has 0 aliphatic carbocycles. The van der Waals surface area contributed by atoms with E-state index in [4.69, 9.17) is 23.2 Å². The van der Waals surface area contributed by atoms with Gasteiger partial charge in [0.05, 0.1) is 14.9 Å². The normalized spacial score (nSPS) is 17.0. The van der Waals surface area contributed by atoms with E-state index in [0.717, 1.165) is 0 Å². The van der Waals surface area contributed by atoms with E-state index in [-0.39, 0.29) is 34.8 Å². The van der Waals surface area contributed by atoms with Crippen LogP contribution in [0.2, 0.25) is 10.0 Å². The van der Waals surface area contributed by atoms with Crippen LogP contribution in [-0.2, 0) is 14.8 Å². The molecule has 8 heteroatoms. The van der Waals surface area contributed by atoms with Crippen molar-refractivity contribution in [2.45, 2.75) is 18.7 Å². The molecule has 5 nitrogen and oxygen atoms in total. The number of sulfonamides is 1. The molecule has 2 rings (SSSR count). The first-order valence-corrected chi connectivity index (χ1v) is 9.17. The van der Waals surface area contributed by atoms with Crippen LogP contribution in [0.25, 0.3) is 0 Å². The van der Waals surface area contributed by atoms with Gasteiger partial charge in [-0.25, -0.2) is 8.42 Å². The molecule has 0 N–H and O–H groups in total. The first kappa shape index (κ1) is 17.5. The summed E-state index contributed by atoms with van der Waals surface area (Å²) in [7, 11) is -3.62. The number of carbonyl (C=O) groups excluding carboxylic acids is 1. The zero-order chi connectivity index (χ0) is 16.5. The van der Waals surface area contributed by atoms with Crippen LogP contribution in [0.5, 0.6) is 0 Å². The van der Waals surface area contributed by atoms with Gasteiger partial charge in [0, 0.05) is 32.1 Å². The van der Waals surface area contributed by atoms with E-state index >= 15 is 0 Å². The molecule has 1 amide bonds. The third-order valence-electron chi connectivity index (χ3n) is 3.57. The Morgan fingerprint density at radius 1 is 1.09 bits per heavy atom. The van der Waals surface area contributed by atoms with E-state index in [0.29, 0.717) is 18.1 Å². The highest BCUT2D eigenvalue weighted by Gasteiger charge is 2.30. The minimum Gasteiger partial charge on any atom is -0.340 e. The molecule has 1 fully saturated rings. The van der Waals surface area contributed by atoms with Gasteiger partial charge in [0.15, 0.2) is 0 Å². The molecule has 122 valence electrons. The third-order valence-corrected chi connectivity index (χ3v) is 6.21. The fourth-order valence-electron chi connectivity index (χ4n) is 2.30. The summed E-state index contributed by atoms with van der Waals surface area (Å²) < 4.78 is 26.5. The highest BCUT2D eigenvalue weighted by atomic mass is 35.5. The molecule has 0 spiro atoms. The second kappa shape index (κ2) is 6.74. The van der Waals surface area contributed by atoms with Crippen molar-refractivity contribution in [1.29, 1.82) is 0 Å². The Hall–Kier alpha value is -0.820. The highest BCUT2D eigenvalue weighted by molar-refractivity contribution is 7.89. The van der Waals surface area contributed by atoms with E-state index < -0.39 is 10.0 Å². The van der Waals surface area contributed by atoms with Crippen molar-refractivity contribution in [1.82, 2.24) is 9.21 Å². The Morgan fingerprint density at radius 3 is 2.18 bits per heavy atom. The number of carbonyl (C=O) groups is 1. The van der Waals surface area contributed by atoms with Crippen molar-refractivity contribution in [3.63, 3.8) is 0 Å². The van der Waals surface area contributed by atoms with Crippen LogP contribution >= 0.6 is 23.2 Å². The molecule has 0 radical (unpaired) electrons. The van der Waals surface area contributed by atoms with Crippen LogP contribution in [0.4, 0.5) is 0 Å². The van der Waals surface area contributed by atoms with Crippen molar-refractivity contribution in [3.05, 3.63) is 28.2 Å². The molecule has 0 aromatic heterocycles. The molecule has 22 heavy (non-hydrogen) atoms. The third kappa shape index (κ3) is 3.56. The van der Waals surface area contributed by atoms with Crippen molar-refractivity contribution in [2.24, 2.45) is 5.92 Å². The van der Waals surface area contributed by atoms with Gasteiger partial charge in [-0.1, -0.05) is 37.0 Å². The van der Waals surface area contributed by atoms with Crippen molar-refractivity contribution in [2.75, 3.05) is 26.2 Å². The fraction of sp³-hybridized carbons (Fsp3) is 0.500. The largest absolute Gasteiger partial charge is 0.340 e. The Bertz CT molecular complexity index is 669. The highest BCUT2D eigenvalue weighted by Crippen LogP contribution is 2.27. The lowest BCUT2D eigenvalue weighted by atomic mass is 10.2. The van der Waals surface area contributed by atoms with Crippen molar-refractivity contribution >= 4 is 39.1 Å². The molecule has 1 aromatic carbocycles. The number of amides is 1. The van der Waals surface area contributed by atoms with E-state index in [1.165, 1.54) is 22.5 Å². The van der Waals surface area contributed by atoms with Gasteiger partial charge in [-0.3, -0.25) is 4.79 Å². The minimum absolute atomic E-state index is 0.0478. The number of piperazine rings is 1. The molecular weight excluding hydrogens is 347 g/mol. The maximum absolute atomic E-state index is 12.6. The Kier molecular flexibility index (Phi) is 5.37. The van der Waals surface area contributed by atoms with Gasteiger partial charge in [0.25, 0.3) is 0 Å². The average molecular weight is 365 g/mol. The second-order valence-electron chi connectivity index (χ2n) is 5.46. The lowest BCUT2D eigenvalue weighted by molar-refractivity contribution is -0.135. The lowest BCUT2D eigenvalue weighted by Crippen LogP contribution is -2.51. The quantitative estimate of drug-likeness (QED) is 0.827. The maximum Gasteiger partial charge on any atom is 0.243 e. The molecule has 0 atom stereocenters. The summed E-state index contributed by atoms with van der Waals surface area (Å²) in [5.41, 5.74) is 0. The van der Waals surface area contributed by atoms with Crippen LogP contribution < -0.4 is 0 Å². The zero-order valence-corrected chi connectivity index (χ0v) is 14.7. The molecule has 0 bridgehead atoms. The van der Waals surface area contributed by atoms with Gasteiger partial charge in [-0.05, 0) is 18.2 Å². The molecule has 1 aromatic rings. The van der Waals surface area contributed by atoms with Gasteiger partial charge >= 0.3 is 0 Å². The number of halogens is 2. The zero-order valence-electron chi connectivity index (χ0n) is 12.4. The molecule has 0 saturated carbocycles. The van der Waals surface area contributed by atoms with Crippen molar-refractivity contribution in [3.8, 4) is 0 Å². The van der Waals surface area contributed by atoms with Crippen molar-refractivity contribution < 1.29 is 13.2 Å². The average Bonchev–Trinajstić information content (AvgIpc) is 2.49. The summed E-state index contributed by atoms with van der Waals surface area (Å²) in [6.45, 7) is 5.03. The Balaban J connectivity index is 2.12. The number of benzene rings is 1. The van der Waals surface area contributed by atoms with E-state index in [9.17, 15) is 13.2 Å². The minimum atomic E-state index is -3.62. The van der Waals surface area contributed by atoms with Crippen LogP contribution in [-0.4, -0.2) is 49.7 Å². The first-order valence-electron chi connectivity index (χ1n) is 6.97. The van der Waals surface area contributed by atoms with Gasteiger partial charge in [-0.2, -0.15) is 4.31 Å². The van der Waals surface area contributed by atoms with Crippen LogP contribution in [0.15, 0.2) is 23.1 Å². The van der Waals surface area contributed by atoms with E-state index in [1.807, 2.05) is 13.8 Å². The predicted octanol–water partition coefficient (Wildman–Crippen LogP) is 2.48. The molecule has 1 aliphatic rings. The second-order valence-corrected chi connectivity index (χ2v) is 8.21. The van der Waals surface area contributed by atoms with Gasteiger partial charge in [0.2, 0.25) is 15.9 Å². The summed E-state index contributed by atoms with van der Waals surface area (Å²) in [6, 6.07) is 4.26. The Morgan fingerprint density at radius 2 is 1.68 bits per heavy atom. The lowest BCUT2D eigenvalue weighted by Gasteiger charge is -2.34. The number of rotatable bonds is 3. The smallest absolute Gasteiger partial charge is 0.243 e. The Labute approximate surface area is 140 Å². The topological polar surface area (TPSA) is 57.7 Å². The summed E-state index contributed by atoms with van der Waals surface area (Å²) in [5, 5.41) is 0.518. The molecule has 1 aliphatic heterocycles. The van der Waals surface area contributed by atoms with Crippen LogP contribution in [0.1, 0.15) is 13.8 Å². The number of hydrogen-bond donors (Lipinski definition) is 0. The van der Waals surface area contributed by atoms with Crippen LogP contribution in [0, 0.1) is 5.92 Å². The monoisotopic (exact) mass is 364 g/mol. The number of nitrogens with zero attached hydrogens (tertiary/aromatic N) is 2. The molecule has 1 saturated heterocycles. The number of hydrogen-bond acceptors (Lipinski definition) is 3. The summed E-state index contributed by atoms with van der Waals surface area (Å²) >= 11 is 11.7.